The number of fused-ring (bicyclic) bond motifs is 4. The summed E-state index contributed by atoms with van der Waals surface area (Å²) in [5, 5.41) is 21.6. The van der Waals surface area contributed by atoms with E-state index in [0.29, 0.717) is 12.0 Å². The maximum atomic E-state index is 13.2. The van der Waals surface area contributed by atoms with Crippen molar-refractivity contribution in [3.8, 4) is 0 Å². The van der Waals surface area contributed by atoms with Gasteiger partial charge in [0.25, 0.3) is 5.69 Å². The number of piperazine rings is 1. The molecule has 31 heavy (non-hydrogen) atoms. The van der Waals surface area contributed by atoms with Gasteiger partial charge >= 0.3 is 0 Å². The Labute approximate surface area is 177 Å². The Bertz CT molecular complexity index is 1220. The number of nitrogens with one attached hydrogen (secondary N) is 1. The predicted octanol–water partition coefficient (Wildman–Crippen LogP) is 1.75. The van der Waals surface area contributed by atoms with E-state index in [1.54, 1.807) is 17.0 Å². The quantitative estimate of drug-likeness (QED) is 0.492. The van der Waals surface area contributed by atoms with Gasteiger partial charge in [0, 0.05) is 41.7 Å². The van der Waals surface area contributed by atoms with E-state index in [1.807, 2.05) is 24.3 Å². The van der Waals surface area contributed by atoms with E-state index in [9.17, 15) is 24.8 Å². The van der Waals surface area contributed by atoms with Gasteiger partial charge in [-0.3, -0.25) is 19.7 Å². The predicted molar refractivity (Wildman–Crippen MR) is 111 cm³/mol. The molecule has 0 bridgehead atoms. The minimum Gasteiger partial charge on any atom is -0.395 e. The topological polar surface area (TPSA) is 120 Å². The molecule has 1 unspecified atom stereocenters. The van der Waals surface area contributed by atoms with Gasteiger partial charge in [0.2, 0.25) is 11.8 Å². The number of hydrogen-bond acceptors (Lipinski definition) is 5. The minimum atomic E-state index is -0.733. The number of aliphatic hydroxyl groups excluding tert-OH is 1. The molecular formula is C22H20N4O5. The fourth-order valence-electron chi connectivity index (χ4n) is 4.79. The van der Waals surface area contributed by atoms with Crippen LogP contribution in [-0.2, 0) is 16.0 Å². The van der Waals surface area contributed by atoms with Gasteiger partial charge in [-0.2, -0.15) is 0 Å². The SMILES string of the molecule is O=C1[C@H]2Cc3c([nH]c4ccccc34)C(c3cccc([N+](=O)[O-])c3)N2C(=O)CN1CCO. The summed E-state index contributed by atoms with van der Waals surface area (Å²) in [6.07, 6.45) is 0.345. The smallest absolute Gasteiger partial charge is 0.269 e. The third-order valence-electron chi connectivity index (χ3n) is 6.11. The standard InChI is InChI=1S/C22H20N4O5/c27-9-8-24-12-19(28)25-18(22(24)29)11-16-15-6-1-2-7-17(15)23-20(16)21(25)13-4-3-5-14(10-13)26(30)31/h1-7,10,18,21,23,27H,8-9,11-12H2/t18-,21?/m1/s1. The molecule has 0 radical (unpaired) electrons. The number of nitrogens with zero attached hydrogens (tertiary/aromatic N) is 3. The molecule has 2 amide bonds. The van der Waals surface area contributed by atoms with Crippen LogP contribution in [0.15, 0.2) is 48.5 Å². The molecular weight excluding hydrogens is 400 g/mol. The average molecular weight is 420 g/mol. The highest BCUT2D eigenvalue weighted by Gasteiger charge is 2.48. The number of aliphatic hydroxyl groups is 1. The fraction of sp³-hybridized carbons (Fsp3) is 0.273. The van der Waals surface area contributed by atoms with Gasteiger partial charge in [0.15, 0.2) is 0 Å². The normalized spacial score (nSPS) is 20.7. The van der Waals surface area contributed by atoms with Crippen LogP contribution in [0.3, 0.4) is 0 Å². The third-order valence-corrected chi connectivity index (χ3v) is 6.11. The zero-order chi connectivity index (χ0) is 21.7. The van der Waals surface area contributed by atoms with E-state index < -0.39 is 17.0 Å². The summed E-state index contributed by atoms with van der Waals surface area (Å²) in [5.41, 5.74) is 3.09. The van der Waals surface area contributed by atoms with Gasteiger partial charge in [-0.05, 0) is 17.2 Å². The van der Waals surface area contributed by atoms with Crippen LogP contribution >= 0.6 is 0 Å². The molecule has 2 N–H and O–H groups in total. The summed E-state index contributed by atoms with van der Waals surface area (Å²) in [5.74, 6) is -0.473. The molecule has 158 valence electrons. The van der Waals surface area contributed by atoms with Crippen LogP contribution in [0, 0.1) is 10.1 Å². The summed E-state index contributed by atoms with van der Waals surface area (Å²) in [6, 6.07) is 12.5. The fourth-order valence-corrected chi connectivity index (χ4v) is 4.79. The molecule has 0 aliphatic carbocycles. The number of aromatic nitrogens is 1. The number of carbonyl (C=O) groups excluding carboxylic acids is 2. The van der Waals surface area contributed by atoms with E-state index >= 15 is 0 Å². The van der Waals surface area contributed by atoms with Gasteiger partial charge in [-0.25, -0.2) is 0 Å². The molecule has 2 atom stereocenters. The number of aromatic amines is 1. The highest BCUT2D eigenvalue weighted by Crippen LogP contribution is 2.43. The van der Waals surface area contributed by atoms with Crippen LogP contribution in [0.1, 0.15) is 22.9 Å². The Morgan fingerprint density at radius 2 is 1.97 bits per heavy atom. The van der Waals surface area contributed by atoms with E-state index in [4.69, 9.17) is 0 Å². The Kier molecular flexibility index (Phi) is 4.48. The van der Waals surface area contributed by atoms with Crippen LogP contribution in [0.5, 0.6) is 0 Å². The van der Waals surface area contributed by atoms with Crippen molar-refractivity contribution in [2.24, 2.45) is 0 Å². The molecule has 0 saturated carbocycles. The van der Waals surface area contributed by atoms with Crippen molar-refractivity contribution in [2.45, 2.75) is 18.5 Å². The summed E-state index contributed by atoms with van der Waals surface area (Å²) in [7, 11) is 0. The molecule has 1 saturated heterocycles. The van der Waals surface area contributed by atoms with E-state index in [2.05, 4.69) is 4.98 Å². The average Bonchev–Trinajstić information content (AvgIpc) is 3.14. The van der Waals surface area contributed by atoms with Crippen LogP contribution in [-0.4, -0.2) is 62.4 Å². The van der Waals surface area contributed by atoms with Gasteiger partial charge in [-0.15, -0.1) is 0 Å². The maximum absolute atomic E-state index is 13.2. The van der Waals surface area contributed by atoms with Crippen molar-refractivity contribution in [3.63, 3.8) is 0 Å². The Morgan fingerprint density at radius 1 is 1.16 bits per heavy atom. The maximum Gasteiger partial charge on any atom is 0.269 e. The largest absolute Gasteiger partial charge is 0.395 e. The van der Waals surface area contributed by atoms with E-state index in [1.165, 1.54) is 17.0 Å². The second-order valence-corrected chi connectivity index (χ2v) is 7.82. The Balaban J connectivity index is 1.71. The van der Waals surface area contributed by atoms with Crippen LogP contribution in [0.25, 0.3) is 10.9 Å². The molecule has 5 rings (SSSR count). The van der Waals surface area contributed by atoms with Crippen molar-refractivity contribution in [3.05, 3.63) is 75.5 Å². The molecule has 2 aliphatic heterocycles. The number of nitro groups is 1. The second-order valence-electron chi connectivity index (χ2n) is 7.82. The molecule has 2 aliphatic rings. The van der Waals surface area contributed by atoms with E-state index in [-0.39, 0.29) is 37.2 Å². The Hall–Kier alpha value is -3.72. The highest BCUT2D eigenvalue weighted by atomic mass is 16.6. The number of nitro benzene ring substituents is 1. The number of β-amino-alcohol motifs (C(OH)–C–C–N with tert-alkyl or cyclic N) is 1. The first-order valence-corrected chi connectivity index (χ1v) is 10.0. The summed E-state index contributed by atoms with van der Waals surface area (Å²) < 4.78 is 0. The monoisotopic (exact) mass is 420 g/mol. The van der Waals surface area contributed by atoms with Gasteiger partial charge in [0.1, 0.15) is 6.04 Å². The lowest BCUT2D eigenvalue weighted by Crippen LogP contribution is -2.63. The summed E-state index contributed by atoms with van der Waals surface area (Å²) >= 11 is 0. The zero-order valence-corrected chi connectivity index (χ0v) is 16.5. The molecule has 9 nitrogen and oxygen atoms in total. The number of hydrogen-bond donors (Lipinski definition) is 2. The van der Waals surface area contributed by atoms with Crippen LogP contribution in [0.4, 0.5) is 5.69 Å². The van der Waals surface area contributed by atoms with Crippen LogP contribution in [0.2, 0.25) is 0 Å². The van der Waals surface area contributed by atoms with Crippen molar-refractivity contribution in [2.75, 3.05) is 19.7 Å². The molecule has 2 aromatic carbocycles. The second kappa shape index (κ2) is 7.21. The van der Waals surface area contributed by atoms with Gasteiger partial charge in [-0.1, -0.05) is 30.3 Å². The van der Waals surface area contributed by atoms with E-state index in [0.717, 1.165) is 22.2 Å². The number of rotatable bonds is 4. The molecule has 3 aromatic rings. The number of H-pyrrole nitrogens is 1. The molecule has 0 spiro atoms. The van der Waals surface area contributed by atoms with Crippen molar-refractivity contribution < 1.29 is 19.6 Å². The van der Waals surface area contributed by atoms with Crippen molar-refractivity contribution >= 4 is 28.4 Å². The first-order valence-electron chi connectivity index (χ1n) is 10.0. The van der Waals surface area contributed by atoms with Crippen molar-refractivity contribution in [1.82, 2.24) is 14.8 Å². The number of benzene rings is 2. The number of carbonyl (C=O) groups is 2. The molecule has 1 fully saturated rings. The van der Waals surface area contributed by atoms with Gasteiger partial charge < -0.3 is 19.9 Å². The van der Waals surface area contributed by atoms with Crippen LogP contribution < -0.4 is 0 Å². The third kappa shape index (κ3) is 2.97. The molecule has 9 heteroatoms. The lowest BCUT2D eigenvalue weighted by Gasteiger charge is -2.47. The lowest BCUT2D eigenvalue weighted by atomic mass is 9.86. The minimum absolute atomic E-state index is 0.0741. The first kappa shape index (κ1) is 19.3. The Morgan fingerprint density at radius 3 is 2.74 bits per heavy atom. The summed E-state index contributed by atoms with van der Waals surface area (Å²) in [6.45, 7) is -0.258. The number of para-hydroxylation sites is 1. The number of amides is 2. The molecule has 1 aromatic heterocycles. The molecule has 3 heterocycles. The summed E-state index contributed by atoms with van der Waals surface area (Å²) in [4.78, 5) is 43.6. The first-order chi connectivity index (χ1) is 15.0. The zero-order valence-electron chi connectivity index (χ0n) is 16.5. The highest BCUT2D eigenvalue weighted by molar-refractivity contribution is 5.97. The lowest BCUT2D eigenvalue weighted by molar-refractivity contribution is -0.384. The number of non-ortho nitro benzene ring substituents is 1. The van der Waals surface area contributed by atoms with Gasteiger partial charge in [0.05, 0.1) is 24.1 Å². The van der Waals surface area contributed by atoms with Crippen molar-refractivity contribution in [1.29, 1.82) is 0 Å².